The van der Waals surface area contributed by atoms with Crippen molar-refractivity contribution in [3.05, 3.63) is 56.5 Å². The highest BCUT2D eigenvalue weighted by Gasteiger charge is 2.37. The third-order valence-corrected chi connectivity index (χ3v) is 4.70. The number of aryl methyl sites for hydroxylation is 1. The van der Waals surface area contributed by atoms with Gasteiger partial charge in [-0.1, -0.05) is 17.7 Å². The number of hydrogen-bond donors (Lipinski definition) is 1. The van der Waals surface area contributed by atoms with Crippen molar-refractivity contribution in [2.45, 2.75) is 24.9 Å². The Morgan fingerprint density at radius 1 is 1.33 bits per heavy atom. The van der Waals surface area contributed by atoms with Gasteiger partial charge in [0.25, 0.3) is 0 Å². The van der Waals surface area contributed by atoms with Crippen LogP contribution in [0.1, 0.15) is 22.4 Å². The van der Waals surface area contributed by atoms with Crippen LogP contribution in [0.5, 0.6) is 0 Å². The van der Waals surface area contributed by atoms with Crippen LogP contribution in [0.3, 0.4) is 0 Å². The van der Waals surface area contributed by atoms with Gasteiger partial charge >= 0.3 is 0 Å². The maximum absolute atomic E-state index is 13.1. The topological polar surface area (TPSA) is 20.2 Å². The Bertz CT molecular complexity index is 595. The zero-order chi connectivity index (χ0) is 12.8. The first-order valence-electron chi connectivity index (χ1n) is 5.82. The van der Waals surface area contributed by atoms with Crippen LogP contribution in [0.2, 0.25) is 4.34 Å². The maximum Gasteiger partial charge on any atom is 0.123 e. The van der Waals surface area contributed by atoms with Gasteiger partial charge in [0.05, 0.1) is 9.94 Å². The van der Waals surface area contributed by atoms with Crippen LogP contribution in [0.25, 0.3) is 0 Å². The second-order valence-corrected chi connectivity index (χ2v) is 6.52. The van der Waals surface area contributed by atoms with E-state index in [9.17, 15) is 9.50 Å². The lowest BCUT2D eigenvalue weighted by Crippen LogP contribution is -2.24. The monoisotopic (exact) mass is 282 g/mol. The van der Waals surface area contributed by atoms with E-state index in [2.05, 4.69) is 0 Å². The number of aliphatic hydroxyl groups is 1. The first-order valence-corrected chi connectivity index (χ1v) is 7.02. The summed E-state index contributed by atoms with van der Waals surface area (Å²) in [4.78, 5) is 1.06. The van der Waals surface area contributed by atoms with E-state index in [-0.39, 0.29) is 5.82 Å². The van der Waals surface area contributed by atoms with Crippen LogP contribution in [0.4, 0.5) is 4.39 Å². The zero-order valence-electron chi connectivity index (χ0n) is 9.62. The second-order valence-electron chi connectivity index (χ2n) is 4.72. The largest absolute Gasteiger partial charge is 0.385 e. The van der Waals surface area contributed by atoms with Gasteiger partial charge in [-0.3, -0.25) is 0 Å². The highest BCUT2D eigenvalue weighted by molar-refractivity contribution is 7.16. The molecule has 18 heavy (non-hydrogen) atoms. The van der Waals surface area contributed by atoms with Crippen molar-refractivity contribution >= 4 is 22.9 Å². The van der Waals surface area contributed by atoms with Crippen LogP contribution >= 0.6 is 22.9 Å². The molecule has 1 nitrogen and oxygen atoms in total. The minimum Gasteiger partial charge on any atom is -0.385 e. The van der Waals surface area contributed by atoms with Gasteiger partial charge in [-0.2, -0.15) is 0 Å². The van der Waals surface area contributed by atoms with Crippen LogP contribution in [0, 0.1) is 5.82 Å². The summed E-state index contributed by atoms with van der Waals surface area (Å²) < 4.78 is 13.9. The number of hydrogen-bond acceptors (Lipinski definition) is 2. The highest BCUT2D eigenvalue weighted by atomic mass is 35.5. The minimum absolute atomic E-state index is 0.239. The van der Waals surface area contributed by atoms with Gasteiger partial charge in [0.15, 0.2) is 0 Å². The molecule has 1 aromatic carbocycles. The summed E-state index contributed by atoms with van der Waals surface area (Å²) in [5, 5.41) is 10.7. The number of rotatable bonds is 2. The molecule has 3 rings (SSSR count). The Morgan fingerprint density at radius 3 is 2.89 bits per heavy atom. The third-order valence-electron chi connectivity index (χ3n) is 3.47. The van der Waals surface area contributed by atoms with Gasteiger partial charge in [-0.05, 0) is 48.2 Å². The summed E-state index contributed by atoms with van der Waals surface area (Å²) in [5.41, 5.74) is 0.894. The molecule has 0 radical (unpaired) electrons. The van der Waals surface area contributed by atoms with E-state index in [0.29, 0.717) is 12.8 Å². The predicted octanol–water partition coefficient (Wildman–Crippen LogP) is 3.92. The zero-order valence-corrected chi connectivity index (χ0v) is 11.2. The minimum atomic E-state index is -0.878. The Hall–Kier alpha value is -0.900. The van der Waals surface area contributed by atoms with E-state index in [1.54, 1.807) is 6.07 Å². The molecule has 0 bridgehead atoms. The van der Waals surface area contributed by atoms with Crippen LogP contribution in [-0.4, -0.2) is 5.11 Å². The lowest BCUT2D eigenvalue weighted by Gasteiger charge is -2.23. The molecule has 1 atom stereocenters. The fourth-order valence-electron chi connectivity index (χ4n) is 2.62. The predicted molar refractivity (Wildman–Crippen MR) is 71.7 cm³/mol. The van der Waals surface area contributed by atoms with Gasteiger partial charge in [-0.15, -0.1) is 11.3 Å². The first kappa shape index (κ1) is 12.2. The Balaban J connectivity index is 1.94. The fraction of sp³-hybridized carbons (Fsp3) is 0.286. The molecule has 0 fully saturated rings. The number of fused-ring (bicyclic) bond motifs is 1. The average molecular weight is 283 g/mol. The van der Waals surface area contributed by atoms with Crippen molar-refractivity contribution in [1.82, 2.24) is 0 Å². The van der Waals surface area contributed by atoms with Crippen molar-refractivity contribution in [3.63, 3.8) is 0 Å². The van der Waals surface area contributed by atoms with Crippen LogP contribution in [0.15, 0.2) is 30.3 Å². The fourth-order valence-corrected chi connectivity index (χ4v) is 3.81. The Labute approximate surface area is 114 Å². The van der Waals surface area contributed by atoms with Crippen LogP contribution < -0.4 is 0 Å². The first-order chi connectivity index (χ1) is 8.57. The molecule has 4 heteroatoms. The molecule has 1 N–H and O–H groups in total. The average Bonchev–Trinajstić information content (AvgIpc) is 2.84. The van der Waals surface area contributed by atoms with Gasteiger partial charge in [0, 0.05) is 11.3 Å². The van der Waals surface area contributed by atoms with Gasteiger partial charge in [0.2, 0.25) is 0 Å². The quantitative estimate of drug-likeness (QED) is 0.885. The van der Waals surface area contributed by atoms with Gasteiger partial charge in [0.1, 0.15) is 5.82 Å². The molecule has 1 heterocycles. The van der Waals surface area contributed by atoms with Gasteiger partial charge < -0.3 is 5.11 Å². The molecular formula is C14H12ClFOS. The molecule has 94 valence electrons. The summed E-state index contributed by atoms with van der Waals surface area (Å²) >= 11 is 7.38. The molecule has 1 aliphatic carbocycles. The highest BCUT2D eigenvalue weighted by Crippen LogP contribution is 2.40. The molecule has 0 saturated carbocycles. The number of thiophene rings is 1. The molecule has 1 aromatic heterocycles. The van der Waals surface area contributed by atoms with Crippen molar-refractivity contribution in [1.29, 1.82) is 0 Å². The molecular weight excluding hydrogens is 271 g/mol. The Kier molecular flexibility index (Phi) is 2.93. The normalized spacial score (nSPS) is 22.2. The second kappa shape index (κ2) is 4.34. The van der Waals surface area contributed by atoms with Crippen molar-refractivity contribution < 1.29 is 9.50 Å². The number of benzene rings is 1. The van der Waals surface area contributed by atoms with E-state index >= 15 is 0 Å². The molecule has 0 spiro atoms. The van der Waals surface area contributed by atoms with E-state index in [1.807, 2.05) is 12.1 Å². The van der Waals surface area contributed by atoms with E-state index < -0.39 is 5.60 Å². The molecule has 0 saturated heterocycles. The standard InChI is InChI=1S/C14H12ClFOS/c15-13-4-2-11(18-13)8-14(17)6-5-9-7-10(16)1-3-12(9)14/h1-4,7,17H,5-6,8H2. The van der Waals surface area contributed by atoms with E-state index in [1.165, 1.54) is 23.5 Å². The van der Waals surface area contributed by atoms with Crippen molar-refractivity contribution in [2.75, 3.05) is 0 Å². The number of halogens is 2. The van der Waals surface area contributed by atoms with Crippen molar-refractivity contribution in [3.8, 4) is 0 Å². The lowest BCUT2D eigenvalue weighted by atomic mass is 9.92. The van der Waals surface area contributed by atoms with E-state index in [0.717, 1.165) is 26.8 Å². The smallest absolute Gasteiger partial charge is 0.123 e. The summed E-state index contributed by atoms with van der Waals surface area (Å²) in [7, 11) is 0. The summed E-state index contributed by atoms with van der Waals surface area (Å²) in [5.74, 6) is -0.239. The van der Waals surface area contributed by atoms with Crippen LogP contribution in [-0.2, 0) is 18.4 Å². The summed E-state index contributed by atoms with van der Waals surface area (Å²) in [6.07, 6.45) is 1.91. The third kappa shape index (κ3) is 2.07. The molecule has 2 aromatic rings. The lowest BCUT2D eigenvalue weighted by molar-refractivity contribution is 0.0398. The van der Waals surface area contributed by atoms with Crippen molar-refractivity contribution in [2.24, 2.45) is 0 Å². The molecule has 0 amide bonds. The summed E-state index contributed by atoms with van der Waals surface area (Å²) in [6.45, 7) is 0. The summed E-state index contributed by atoms with van der Waals surface area (Å²) in [6, 6.07) is 8.41. The molecule has 0 aliphatic heterocycles. The van der Waals surface area contributed by atoms with Gasteiger partial charge in [-0.25, -0.2) is 4.39 Å². The SMILES string of the molecule is OC1(Cc2ccc(Cl)s2)CCc2cc(F)ccc21. The molecule has 1 unspecified atom stereocenters. The maximum atomic E-state index is 13.1. The molecule has 1 aliphatic rings. The van der Waals surface area contributed by atoms with E-state index in [4.69, 9.17) is 11.6 Å². The Morgan fingerprint density at radius 2 is 2.17 bits per heavy atom.